The fraction of sp³-hybridized carbons (Fsp3) is 0.176. The van der Waals surface area contributed by atoms with Crippen LogP contribution in [0.15, 0.2) is 138 Å². The lowest BCUT2D eigenvalue weighted by Crippen LogP contribution is -2.43. The molecule has 1 fully saturated rings. The van der Waals surface area contributed by atoms with Crippen LogP contribution in [0.1, 0.15) is 25.7 Å². The van der Waals surface area contributed by atoms with Gasteiger partial charge in [0.05, 0.1) is 5.52 Å². The Kier molecular flexibility index (Phi) is 11.0. The van der Waals surface area contributed by atoms with Gasteiger partial charge in [-0.25, -0.2) is 0 Å². The number of hydrogen-bond donors (Lipinski definition) is 3. The Balaban J connectivity index is 0.000000128. The van der Waals surface area contributed by atoms with Gasteiger partial charge in [-0.15, -0.1) is 0 Å². The summed E-state index contributed by atoms with van der Waals surface area (Å²) in [7, 11) is 0. The minimum atomic E-state index is 0.281. The number of nitrogens with two attached hydrogens (primary N) is 2. The number of nitrogens with zero attached hydrogens (tertiary/aromatic N) is 1. The number of aromatic amines is 1. The zero-order chi connectivity index (χ0) is 27.3. The zero-order valence-electron chi connectivity index (χ0n) is 22.2. The highest BCUT2D eigenvalue weighted by molar-refractivity contribution is 9.10. The number of aromatic nitrogens is 2. The number of hydrogen-bond acceptors (Lipinski definition) is 2. The van der Waals surface area contributed by atoms with Crippen LogP contribution in [0.25, 0.3) is 27.5 Å². The molecule has 0 spiro atoms. The lowest BCUT2D eigenvalue weighted by Gasteiger charge is -2.24. The topological polar surface area (TPSA) is 72.8 Å². The number of nitrogens with one attached hydrogen (secondary N) is 1. The molecule has 0 saturated heterocycles. The average Bonchev–Trinajstić information content (AvgIpc) is 3.64. The summed E-state index contributed by atoms with van der Waals surface area (Å²) in [5.41, 5.74) is 15.0. The van der Waals surface area contributed by atoms with Gasteiger partial charge in [-0.3, -0.25) is 0 Å². The first-order valence-corrected chi connectivity index (χ1v) is 14.3. The van der Waals surface area contributed by atoms with E-state index in [4.69, 9.17) is 11.5 Å². The van der Waals surface area contributed by atoms with Crippen LogP contribution in [-0.2, 0) is 0 Å². The summed E-state index contributed by atoms with van der Waals surface area (Å²) in [4.78, 5) is 3.12. The van der Waals surface area contributed by atoms with E-state index in [9.17, 15) is 0 Å². The molecule has 4 nitrogen and oxygen atoms in total. The molecule has 6 aromatic rings. The van der Waals surface area contributed by atoms with Crippen LogP contribution in [0, 0.1) is 0 Å². The predicted octanol–water partition coefficient (Wildman–Crippen LogP) is 8.46. The monoisotopic (exact) mass is 580 g/mol. The average molecular weight is 582 g/mol. The predicted molar refractivity (Wildman–Crippen MR) is 170 cm³/mol. The van der Waals surface area contributed by atoms with Crippen LogP contribution in [0.3, 0.4) is 0 Å². The first-order valence-electron chi connectivity index (χ1n) is 13.5. The van der Waals surface area contributed by atoms with E-state index >= 15 is 0 Å². The van der Waals surface area contributed by atoms with E-state index in [1.807, 2.05) is 54.7 Å². The second-order valence-electron chi connectivity index (χ2n) is 9.55. The van der Waals surface area contributed by atoms with Gasteiger partial charge in [-0.05, 0) is 72.1 Å². The molecule has 0 aliphatic heterocycles. The number of H-pyrrole nitrogens is 1. The minimum Gasteiger partial charge on any atom is -0.361 e. The molecule has 2 unspecified atom stereocenters. The quantitative estimate of drug-likeness (QED) is 0.182. The standard InChI is InChI=1S/C14H11N.C8H7N.C6H5Br.C6H14N2/c1-2-7-13(8-3-1)15-11-10-12-6-4-5-9-14(12)15;1-2-4-8-7(3-1)5-6-9-8;7-6-4-2-1-3-5-6;7-5-3-1-2-4-6(5)8/h1-11H;1-6,9H;1-5H;5-6H,1-4,7-8H2. The van der Waals surface area contributed by atoms with Crippen LogP contribution in [0.4, 0.5) is 0 Å². The van der Waals surface area contributed by atoms with Gasteiger partial charge in [0.15, 0.2) is 0 Å². The molecule has 7 rings (SSSR count). The molecule has 0 bridgehead atoms. The first-order chi connectivity index (χ1) is 19.1. The number of benzene rings is 4. The van der Waals surface area contributed by atoms with Crippen molar-refractivity contribution in [3.05, 3.63) is 138 Å². The molecule has 5 N–H and O–H groups in total. The fourth-order valence-corrected chi connectivity index (χ4v) is 4.80. The van der Waals surface area contributed by atoms with E-state index in [0.717, 1.165) is 17.3 Å². The summed E-state index contributed by atoms with van der Waals surface area (Å²) in [5.74, 6) is 0. The maximum atomic E-state index is 5.65. The van der Waals surface area contributed by atoms with Crippen molar-refractivity contribution in [3.63, 3.8) is 0 Å². The van der Waals surface area contributed by atoms with E-state index in [1.165, 1.54) is 40.3 Å². The van der Waals surface area contributed by atoms with Crippen molar-refractivity contribution in [2.75, 3.05) is 0 Å². The van der Waals surface area contributed by atoms with Gasteiger partial charge < -0.3 is 21.0 Å². The van der Waals surface area contributed by atoms with E-state index in [1.54, 1.807) is 0 Å². The Labute approximate surface area is 239 Å². The van der Waals surface area contributed by atoms with E-state index in [-0.39, 0.29) is 12.1 Å². The molecule has 2 aromatic heterocycles. The van der Waals surface area contributed by atoms with Gasteiger partial charge in [0.1, 0.15) is 0 Å². The maximum Gasteiger partial charge on any atom is 0.0528 e. The van der Waals surface area contributed by atoms with E-state index in [2.05, 4.69) is 104 Å². The summed E-state index contributed by atoms with van der Waals surface area (Å²) in [6, 6.07) is 41.8. The van der Waals surface area contributed by atoms with Crippen molar-refractivity contribution in [2.45, 2.75) is 37.8 Å². The van der Waals surface area contributed by atoms with Crippen molar-refractivity contribution in [1.29, 1.82) is 0 Å². The van der Waals surface area contributed by atoms with Crippen molar-refractivity contribution in [1.82, 2.24) is 9.55 Å². The Bertz CT molecular complexity index is 1470. The molecule has 1 aliphatic carbocycles. The second-order valence-corrected chi connectivity index (χ2v) is 10.5. The van der Waals surface area contributed by atoms with Crippen LogP contribution in [-0.4, -0.2) is 21.6 Å². The molecule has 39 heavy (non-hydrogen) atoms. The summed E-state index contributed by atoms with van der Waals surface area (Å²) in [6.07, 6.45) is 8.86. The highest BCUT2D eigenvalue weighted by atomic mass is 79.9. The fourth-order valence-electron chi connectivity index (χ4n) is 4.49. The molecular formula is C34H37BrN4. The molecule has 2 atom stereocenters. The number of para-hydroxylation sites is 3. The molecule has 0 amide bonds. The lowest BCUT2D eigenvalue weighted by molar-refractivity contribution is 0.385. The van der Waals surface area contributed by atoms with Crippen molar-refractivity contribution in [3.8, 4) is 5.69 Å². The van der Waals surface area contributed by atoms with Crippen LogP contribution >= 0.6 is 15.9 Å². The second kappa shape index (κ2) is 15.1. The van der Waals surface area contributed by atoms with Gasteiger partial charge in [0.2, 0.25) is 0 Å². The van der Waals surface area contributed by atoms with E-state index < -0.39 is 0 Å². The molecular weight excluding hydrogens is 544 g/mol. The highest BCUT2D eigenvalue weighted by Crippen LogP contribution is 2.19. The molecule has 1 saturated carbocycles. The number of rotatable bonds is 1. The van der Waals surface area contributed by atoms with Crippen LogP contribution in [0.2, 0.25) is 0 Å². The highest BCUT2D eigenvalue weighted by Gasteiger charge is 2.16. The van der Waals surface area contributed by atoms with Crippen LogP contribution < -0.4 is 11.5 Å². The van der Waals surface area contributed by atoms with Crippen molar-refractivity contribution >= 4 is 37.7 Å². The third-order valence-electron chi connectivity index (χ3n) is 6.70. The molecule has 0 radical (unpaired) electrons. The number of fused-ring (bicyclic) bond motifs is 2. The van der Waals surface area contributed by atoms with Crippen molar-refractivity contribution in [2.24, 2.45) is 11.5 Å². The van der Waals surface area contributed by atoms with Gasteiger partial charge in [0.25, 0.3) is 0 Å². The Morgan fingerprint density at radius 1 is 0.615 bits per heavy atom. The lowest BCUT2D eigenvalue weighted by atomic mass is 9.92. The Morgan fingerprint density at radius 3 is 1.77 bits per heavy atom. The van der Waals surface area contributed by atoms with Crippen LogP contribution in [0.5, 0.6) is 0 Å². The zero-order valence-corrected chi connectivity index (χ0v) is 23.8. The molecule has 2 heterocycles. The third-order valence-corrected chi connectivity index (χ3v) is 7.23. The van der Waals surface area contributed by atoms with Gasteiger partial charge in [-0.2, -0.15) is 0 Å². The van der Waals surface area contributed by atoms with Gasteiger partial charge in [-0.1, -0.05) is 102 Å². The van der Waals surface area contributed by atoms with Gasteiger partial charge in [0, 0.05) is 40.2 Å². The maximum absolute atomic E-state index is 5.65. The van der Waals surface area contributed by atoms with Crippen molar-refractivity contribution < 1.29 is 0 Å². The molecule has 1 aliphatic rings. The first kappa shape index (κ1) is 28.4. The largest absolute Gasteiger partial charge is 0.361 e. The SMILES string of the molecule is Brc1ccccc1.NC1CCCCC1N.c1ccc(-n2ccc3ccccc32)cc1.c1ccc2[nH]ccc2c1. The summed E-state index contributed by atoms with van der Waals surface area (Å²) in [5, 5.41) is 2.55. The molecule has 200 valence electrons. The normalized spacial score (nSPS) is 16.2. The molecule has 5 heteroatoms. The number of halogens is 1. The smallest absolute Gasteiger partial charge is 0.0528 e. The Hall–Kier alpha value is -3.64. The summed E-state index contributed by atoms with van der Waals surface area (Å²) in [6.45, 7) is 0. The molecule has 4 aromatic carbocycles. The Morgan fingerprint density at radius 2 is 1.18 bits per heavy atom. The van der Waals surface area contributed by atoms with Gasteiger partial charge >= 0.3 is 0 Å². The summed E-state index contributed by atoms with van der Waals surface area (Å²) < 4.78 is 3.34. The summed E-state index contributed by atoms with van der Waals surface area (Å²) >= 11 is 3.31. The minimum absolute atomic E-state index is 0.281. The third kappa shape index (κ3) is 8.69. The van der Waals surface area contributed by atoms with E-state index in [0.29, 0.717) is 0 Å².